The Bertz CT molecular complexity index is 4190. The Balaban J connectivity index is 0.000000367. The van der Waals surface area contributed by atoms with Crippen LogP contribution in [0.3, 0.4) is 0 Å². The molecule has 0 spiro atoms. The SMILES string of the molecule is O=[As]([O-])([O-])[O-].[F-].[F-].[F-].[F-].[F-].[F-].c1ccc(C[n+]2ccccc2)cc1.c1ccc(C[n+]2ccccc2)cc1.c1ccc(C[n+]2ccccc2)cc1.c1ccc(C[n+]2ccccc2)cc1.c1ccc(C[n+]2ccccc2)cc1.c1ccc(C[n+]2ccccc2)cc1.c1ccc(C[n+]2ccccc2)cc1.c1ccc(C[n+]2ccccc2)cc1.c1ccc(C[n+]2ccccc2)cc1. The Kier molecular flexibility index (Phi) is 55.9. The number of nitrogens with zero attached hydrogens (tertiary/aromatic N) is 9. The van der Waals surface area contributed by atoms with Gasteiger partial charge in [0.2, 0.25) is 0 Å². The van der Waals surface area contributed by atoms with E-state index >= 15 is 0 Å². The van der Waals surface area contributed by atoms with Crippen LogP contribution in [0, 0.1) is 0 Å². The quantitative estimate of drug-likeness (QED) is 0.0498. The average molecular weight is 1790 g/mol. The van der Waals surface area contributed by atoms with Gasteiger partial charge in [0.25, 0.3) is 0 Å². The van der Waals surface area contributed by atoms with Crippen LogP contribution in [0.25, 0.3) is 0 Å². The summed E-state index contributed by atoms with van der Waals surface area (Å²) in [7, 11) is 0. The van der Waals surface area contributed by atoms with E-state index in [4.69, 9.17) is 16.0 Å². The molecular formula is C108H108AsF6N9O4. The predicted molar refractivity (Wildman–Crippen MR) is 476 cm³/mol. The smallest absolute Gasteiger partial charge is 0.173 e. The first-order chi connectivity index (χ1) is 60.0. The molecule has 128 heavy (non-hydrogen) atoms. The minimum Gasteiger partial charge on any atom is -1.00 e. The Labute approximate surface area is 752 Å². The van der Waals surface area contributed by atoms with Crippen molar-refractivity contribution in [2.45, 2.75) is 58.9 Å². The van der Waals surface area contributed by atoms with Crippen molar-refractivity contribution >= 4 is 14.5 Å². The number of hydrogen-bond acceptors (Lipinski definition) is 4. The molecule has 0 bridgehead atoms. The van der Waals surface area contributed by atoms with E-state index in [0.717, 1.165) is 58.9 Å². The molecule has 0 atom stereocenters. The van der Waals surface area contributed by atoms with Gasteiger partial charge < -0.3 is 28.2 Å². The van der Waals surface area contributed by atoms with Crippen LogP contribution in [0.5, 0.6) is 0 Å². The molecule has 13 nitrogen and oxygen atoms in total. The van der Waals surface area contributed by atoms with Crippen LogP contribution in [-0.4, -0.2) is 14.5 Å². The van der Waals surface area contributed by atoms with Gasteiger partial charge in [-0.1, -0.05) is 328 Å². The molecule has 0 radical (unpaired) electrons. The molecule has 0 saturated carbocycles. The van der Waals surface area contributed by atoms with E-state index in [0.29, 0.717) is 0 Å². The molecule has 18 rings (SSSR count). The van der Waals surface area contributed by atoms with Crippen molar-refractivity contribution in [3.63, 3.8) is 0 Å². The maximum atomic E-state index is 8.61. The van der Waals surface area contributed by atoms with Crippen molar-refractivity contribution in [2.75, 3.05) is 0 Å². The second kappa shape index (κ2) is 66.7. The Morgan fingerprint density at radius 1 is 0.133 bits per heavy atom. The van der Waals surface area contributed by atoms with E-state index in [2.05, 4.69) is 371 Å². The first kappa shape index (κ1) is 107. The third kappa shape index (κ3) is 49.4. The van der Waals surface area contributed by atoms with Crippen molar-refractivity contribution in [3.8, 4) is 0 Å². The summed E-state index contributed by atoms with van der Waals surface area (Å²) in [6.07, 6.45) is 37.4. The summed E-state index contributed by atoms with van der Waals surface area (Å²) >= 11 is -5.88. The van der Waals surface area contributed by atoms with Crippen molar-refractivity contribution in [2.24, 2.45) is 0 Å². The van der Waals surface area contributed by atoms with Crippen molar-refractivity contribution in [1.29, 1.82) is 0 Å². The van der Waals surface area contributed by atoms with Crippen LogP contribution < -0.4 is 81.6 Å². The number of rotatable bonds is 18. The monoisotopic (exact) mass is 1780 g/mol. The number of benzene rings is 9. The molecule has 0 fully saturated rings. The van der Waals surface area contributed by atoms with E-state index in [9.17, 15) is 0 Å². The van der Waals surface area contributed by atoms with Crippen molar-refractivity contribution in [3.05, 3.63) is 598 Å². The Hall–Kier alpha value is -14.9. The van der Waals surface area contributed by atoms with Crippen LogP contribution in [0.2, 0.25) is 0 Å². The number of pyridine rings is 9. The molecule has 0 aliphatic carbocycles. The predicted octanol–water partition coefficient (Wildman–Crippen LogP) is -3.84. The normalized spacial score (nSPS) is 9.46. The van der Waals surface area contributed by atoms with Gasteiger partial charge >= 0.3 is 30.5 Å². The van der Waals surface area contributed by atoms with Gasteiger partial charge in [0.05, 0.1) is 0 Å². The zero-order valence-corrected chi connectivity index (χ0v) is 73.1. The molecular weight excluding hydrogens is 1680 g/mol. The summed E-state index contributed by atoms with van der Waals surface area (Å²) in [6, 6.07) is 149. The fourth-order valence-electron chi connectivity index (χ4n) is 12.0. The number of hydrogen-bond donors (Lipinski definition) is 0. The maximum absolute atomic E-state index is 8.61. The molecule has 0 aliphatic heterocycles. The van der Waals surface area contributed by atoms with Crippen LogP contribution in [-0.2, 0) is 62.6 Å². The summed E-state index contributed by atoms with van der Waals surface area (Å²) < 4.78 is 53.9. The summed E-state index contributed by atoms with van der Waals surface area (Å²) in [5.74, 6) is 0. The molecule has 0 amide bonds. The Morgan fingerprint density at radius 2 is 0.195 bits per heavy atom. The van der Waals surface area contributed by atoms with Gasteiger partial charge in [-0.3, -0.25) is 0 Å². The summed E-state index contributed by atoms with van der Waals surface area (Å²) in [5.41, 5.74) is 12.0. The van der Waals surface area contributed by atoms with Gasteiger partial charge in [0.15, 0.2) is 170 Å². The topological polar surface area (TPSA) is 121 Å². The molecule has 656 valence electrons. The molecule has 9 aromatic heterocycles. The number of halogens is 6. The average Bonchev–Trinajstić information content (AvgIpc) is 0.957. The van der Waals surface area contributed by atoms with Gasteiger partial charge in [-0.05, 0) is 0 Å². The minimum absolute atomic E-state index is 0. The van der Waals surface area contributed by atoms with Crippen molar-refractivity contribution in [1.82, 2.24) is 0 Å². The molecule has 18 aromatic rings. The van der Waals surface area contributed by atoms with Crippen molar-refractivity contribution < 1.29 is 85.4 Å². The van der Waals surface area contributed by atoms with Gasteiger partial charge in [0, 0.05) is 159 Å². The summed E-state index contributed by atoms with van der Waals surface area (Å²) in [5, 5.41) is 0. The summed E-state index contributed by atoms with van der Waals surface area (Å²) in [4.78, 5) is 0. The van der Waals surface area contributed by atoms with E-state index in [1.54, 1.807) is 0 Å². The number of aromatic nitrogens is 9. The molecule has 0 unspecified atom stereocenters. The zero-order valence-electron chi connectivity index (χ0n) is 71.2. The first-order valence-corrected chi connectivity index (χ1v) is 43.7. The molecule has 0 N–H and O–H groups in total. The van der Waals surface area contributed by atoms with Gasteiger partial charge in [-0.2, -0.15) is 0 Å². The largest absolute Gasteiger partial charge is 1.00 e. The van der Waals surface area contributed by atoms with E-state index in [1.165, 1.54) is 50.1 Å². The molecule has 0 aliphatic rings. The van der Waals surface area contributed by atoms with Gasteiger partial charge in [-0.15, -0.1) is 0 Å². The Morgan fingerprint density at radius 3 is 0.266 bits per heavy atom. The van der Waals surface area contributed by atoms with Crippen LogP contribution in [0.4, 0.5) is 0 Å². The third-order valence-corrected chi connectivity index (χ3v) is 17.9. The summed E-state index contributed by atoms with van der Waals surface area (Å²) in [6.45, 7) is 8.51. The molecule has 20 heteroatoms. The van der Waals surface area contributed by atoms with Gasteiger partial charge in [-0.25, -0.2) is 41.1 Å². The zero-order chi connectivity index (χ0) is 84.9. The van der Waals surface area contributed by atoms with Gasteiger partial charge in [0.1, 0.15) is 0 Å². The minimum atomic E-state index is -5.88. The second-order valence-corrected chi connectivity index (χ2v) is 29.6. The van der Waals surface area contributed by atoms with E-state index in [1.807, 2.05) is 218 Å². The maximum Gasteiger partial charge on any atom is 0.173 e. The standard InChI is InChI=1S/9C12H12N.AsH3O4.6FH/c9*1-3-7-12(8-4-1)11-13-9-5-2-6-10-13;2-1(3,4)5;;;;;;/h9*1-10H,11H2;(H3,2,3,4,5);6*1H/q9*+1;;;;;;;/p-9. The van der Waals surface area contributed by atoms with Crippen LogP contribution >= 0.6 is 0 Å². The first-order valence-electron chi connectivity index (χ1n) is 40.6. The van der Waals surface area contributed by atoms with E-state index < -0.39 is 14.5 Å². The third-order valence-electron chi connectivity index (χ3n) is 17.9. The second-order valence-electron chi connectivity index (χ2n) is 27.7. The van der Waals surface area contributed by atoms with Crippen LogP contribution in [0.15, 0.2) is 548 Å². The fraction of sp³-hybridized carbons (Fsp3) is 0.0833. The van der Waals surface area contributed by atoms with Crippen LogP contribution in [0.1, 0.15) is 50.1 Å². The molecule has 9 aromatic carbocycles. The molecule has 0 saturated heterocycles. The molecule has 9 heterocycles. The van der Waals surface area contributed by atoms with E-state index in [-0.39, 0.29) is 28.2 Å². The fourth-order valence-corrected chi connectivity index (χ4v) is 12.0.